The summed E-state index contributed by atoms with van der Waals surface area (Å²) in [7, 11) is 0. The first-order valence-electron chi connectivity index (χ1n) is 7.81. The van der Waals surface area contributed by atoms with E-state index in [0.29, 0.717) is 0 Å². The minimum Gasteiger partial charge on any atom is -0.337 e. The Morgan fingerprint density at radius 2 is 1.64 bits per heavy atom. The normalized spacial score (nSPS) is 20.1. The summed E-state index contributed by atoms with van der Waals surface area (Å²) in [5.41, 5.74) is 5.50. The first kappa shape index (κ1) is 17.4. The Balaban J connectivity index is 1.92. The number of rotatable bonds is 3. The number of hydrogen-bond donors (Lipinski definition) is 1. The lowest BCUT2D eigenvalue weighted by Gasteiger charge is -2.18. The summed E-state index contributed by atoms with van der Waals surface area (Å²) in [6.07, 6.45) is 0. The molecule has 0 radical (unpaired) electrons. The predicted molar refractivity (Wildman–Crippen MR) is 83.9 cm³/mol. The molecule has 1 aliphatic heterocycles. The Kier molecular flexibility index (Phi) is 4.76. The number of hydrogen-bond acceptors (Lipinski definition) is 2. The maximum absolute atomic E-state index is 13.9. The van der Waals surface area contributed by atoms with Gasteiger partial charge in [0.25, 0.3) is 5.91 Å². The second kappa shape index (κ2) is 6.84. The smallest absolute Gasteiger partial charge is 0.260 e. The van der Waals surface area contributed by atoms with Crippen LogP contribution in [0.15, 0.2) is 36.4 Å². The third kappa shape index (κ3) is 3.11. The van der Waals surface area contributed by atoms with Crippen molar-refractivity contribution in [3.63, 3.8) is 0 Å². The second-order valence-electron chi connectivity index (χ2n) is 6.07. The minimum absolute atomic E-state index is 0.0842. The lowest BCUT2D eigenvalue weighted by atomic mass is 9.89. The number of amides is 1. The maximum Gasteiger partial charge on any atom is 0.260 e. The summed E-state index contributed by atoms with van der Waals surface area (Å²) in [4.78, 5) is 13.7. The standard InChI is InChI=1S/C18H16F4N2O/c19-13-6-14(20)17(22)15(16(13)21)18(25)24-8-11(7-23)12(9-24)10-4-2-1-3-5-10/h1-6,11-12H,7-9,23H2/t11-,12+/m1/s1. The molecule has 2 N–H and O–H groups in total. The molecule has 1 aliphatic rings. The van der Waals surface area contributed by atoms with Gasteiger partial charge in [-0.05, 0) is 18.0 Å². The second-order valence-corrected chi connectivity index (χ2v) is 6.07. The van der Waals surface area contributed by atoms with Crippen molar-refractivity contribution in [1.29, 1.82) is 0 Å². The van der Waals surface area contributed by atoms with Crippen molar-refractivity contribution in [2.75, 3.05) is 19.6 Å². The molecule has 1 fully saturated rings. The molecule has 1 heterocycles. The van der Waals surface area contributed by atoms with Crippen molar-refractivity contribution in [3.05, 3.63) is 70.8 Å². The fraction of sp³-hybridized carbons (Fsp3) is 0.278. The van der Waals surface area contributed by atoms with E-state index in [1.54, 1.807) is 0 Å². The van der Waals surface area contributed by atoms with Gasteiger partial charge in [-0.25, -0.2) is 17.6 Å². The molecule has 0 saturated carbocycles. The quantitative estimate of drug-likeness (QED) is 0.682. The SMILES string of the molecule is NC[C@@H]1CN(C(=O)c2c(F)c(F)cc(F)c2F)C[C@H]1c1ccccc1. The van der Waals surface area contributed by atoms with Crippen LogP contribution in [0.3, 0.4) is 0 Å². The van der Waals surface area contributed by atoms with Gasteiger partial charge in [0, 0.05) is 25.1 Å². The zero-order chi connectivity index (χ0) is 18.1. The highest BCUT2D eigenvalue weighted by atomic mass is 19.2. The molecule has 132 valence electrons. The van der Waals surface area contributed by atoms with Gasteiger partial charge in [0.1, 0.15) is 5.56 Å². The Hall–Kier alpha value is -2.41. The van der Waals surface area contributed by atoms with Gasteiger partial charge >= 0.3 is 0 Å². The first-order chi connectivity index (χ1) is 11.9. The highest BCUT2D eigenvalue weighted by molar-refractivity contribution is 5.95. The van der Waals surface area contributed by atoms with Gasteiger partial charge in [-0.3, -0.25) is 4.79 Å². The molecule has 25 heavy (non-hydrogen) atoms. The van der Waals surface area contributed by atoms with Gasteiger partial charge in [-0.1, -0.05) is 30.3 Å². The molecule has 1 saturated heterocycles. The molecule has 3 nitrogen and oxygen atoms in total. The van der Waals surface area contributed by atoms with E-state index in [1.165, 1.54) is 4.90 Å². The third-order valence-corrected chi connectivity index (χ3v) is 4.58. The van der Waals surface area contributed by atoms with E-state index in [9.17, 15) is 22.4 Å². The molecular weight excluding hydrogens is 336 g/mol. The molecule has 2 aromatic rings. The fourth-order valence-electron chi connectivity index (χ4n) is 3.27. The Labute approximate surface area is 142 Å². The molecule has 3 rings (SSSR count). The lowest BCUT2D eigenvalue weighted by molar-refractivity contribution is 0.0774. The van der Waals surface area contributed by atoms with Gasteiger partial charge in [0.2, 0.25) is 0 Å². The summed E-state index contributed by atoms with van der Waals surface area (Å²) in [6, 6.07) is 9.37. The summed E-state index contributed by atoms with van der Waals surface area (Å²) >= 11 is 0. The predicted octanol–water partition coefficient (Wildman–Crippen LogP) is 3.06. The number of halogens is 4. The van der Waals surface area contributed by atoms with Gasteiger partial charge in [0.05, 0.1) is 0 Å². The van der Waals surface area contributed by atoms with Crippen LogP contribution >= 0.6 is 0 Å². The molecule has 0 aliphatic carbocycles. The lowest BCUT2D eigenvalue weighted by Crippen LogP contribution is -2.31. The van der Waals surface area contributed by atoms with Gasteiger partial charge in [-0.15, -0.1) is 0 Å². The number of likely N-dealkylation sites (tertiary alicyclic amines) is 1. The third-order valence-electron chi connectivity index (χ3n) is 4.58. The van der Waals surface area contributed by atoms with Crippen molar-refractivity contribution >= 4 is 5.91 Å². The molecular formula is C18H16F4N2O. The highest BCUT2D eigenvalue weighted by Gasteiger charge is 2.38. The van der Waals surface area contributed by atoms with E-state index >= 15 is 0 Å². The molecule has 2 aromatic carbocycles. The summed E-state index contributed by atoms with van der Waals surface area (Å²) in [5.74, 6) is -7.87. The highest BCUT2D eigenvalue weighted by Crippen LogP contribution is 2.33. The van der Waals surface area contributed by atoms with Crippen molar-refractivity contribution in [3.8, 4) is 0 Å². The zero-order valence-corrected chi connectivity index (χ0v) is 13.2. The number of nitrogens with zero attached hydrogens (tertiary/aromatic N) is 1. The van der Waals surface area contributed by atoms with Crippen LogP contribution in [-0.2, 0) is 0 Å². The van der Waals surface area contributed by atoms with E-state index in [0.717, 1.165) is 5.56 Å². The number of carbonyl (C=O) groups excluding carboxylic acids is 1. The molecule has 0 aromatic heterocycles. The molecule has 2 atom stereocenters. The van der Waals surface area contributed by atoms with Crippen molar-refractivity contribution in [2.45, 2.75) is 5.92 Å². The Bertz CT molecular complexity index is 771. The van der Waals surface area contributed by atoms with Crippen LogP contribution in [0.5, 0.6) is 0 Å². The first-order valence-corrected chi connectivity index (χ1v) is 7.81. The van der Waals surface area contributed by atoms with Crippen LogP contribution in [0.4, 0.5) is 17.6 Å². The summed E-state index contributed by atoms with van der Waals surface area (Å²) in [5, 5.41) is 0. The van der Waals surface area contributed by atoms with E-state index < -0.39 is 34.7 Å². The van der Waals surface area contributed by atoms with Crippen LogP contribution in [-0.4, -0.2) is 30.4 Å². The zero-order valence-electron chi connectivity index (χ0n) is 13.2. The van der Waals surface area contributed by atoms with Crippen LogP contribution < -0.4 is 5.73 Å². The number of nitrogens with two attached hydrogens (primary N) is 1. The number of carbonyl (C=O) groups is 1. The topological polar surface area (TPSA) is 46.3 Å². The van der Waals surface area contributed by atoms with Gasteiger partial charge in [-0.2, -0.15) is 0 Å². The maximum atomic E-state index is 13.9. The van der Waals surface area contributed by atoms with Crippen molar-refractivity contribution < 1.29 is 22.4 Å². The summed E-state index contributed by atoms with van der Waals surface area (Å²) in [6.45, 7) is 0.597. The molecule has 7 heteroatoms. The Morgan fingerprint density at radius 1 is 1.04 bits per heavy atom. The average Bonchev–Trinajstić information content (AvgIpc) is 3.05. The monoisotopic (exact) mass is 352 g/mol. The van der Waals surface area contributed by atoms with Crippen molar-refractivity contribution in [1.82, 2.24) is 4.90 Å². The van der Waals surface area contributed by atoms with E-state index in [4.69, 9.17) is 5.73 Å². The van der Waals surface area contributed by atoms with Crippen LogP contribution in [0.25, 0.3) is 0 Å². The van der Waals surface area contributed by atoms with Gasteiger partial charge < -0.3 is 10.6 Å². The van der Waals surface area contributed by atoms with E-state index in [-0.39, 0.29) is 37.5 Å². The fourth-order valence-corrected chi connectivity index (χ4v) is 3.27. The summed E-state index contributed by atoms with van der Waals surface area (Å²) < 4.78 is 54.5. The Morgan fingerprint density at radius 3 is 2.20 bits per heavy atom. The molecule has 1 amide bonds. The largest absolute Gasteiger partial charge is 0.337 e. The molecule has 0 unspecified atom stereocenters. The van der Waals surface area contributed by atoms with Crippen LogP contribution in [0.1, 0.15) is 21.8 Å². The van der Waals surface area contributed by atoms with Crippen molar-refractivity contribution in [2.24, 2.45) is 11.7 Å². The molecule has 0 bridgehead atoms. The van der Waals surface area contributed by atoms with Crippen LogP contribution in [0.2, 0.25) is 0 Å². The van der Waals surface area contributed by atoms with E-state index in [1.807, 2.05) is 30.3 Å². The minimum atomic E-state index is -1.68. The van der Waals surface area contributed by atoms with Crippen LogP contribution in [0, 0.1) is 29.2 Å². The van der Waals surface area contributed by atoms with E-state index in [2.05, 4.69) is 0 Å². The van der Waals surface area contributed by atoms with Gasteiger partial charge in [0.15, 0.2) is 23.3 Å². The number of benzene rings is 2. The molecule has 0 spiro atoms. The average molecular weight is 352 g/mol.